The molecule has 6 heteroatoms. The molecule has 6 nitrogen and oxygen atoms in total. The first-order valence-electron chi connectivity index (χ1n) is 9.74. The molecule has 1 unspecified atom stereocenters. The Hall–Kier alpha value is -3.64. The molecule has 0 bridgehead atoms. The van der Waals surface area contributed by atoms with Crippen molar-refractivity contribution in [1.29, 1.82) is 0 Å². The third kappa shape index (κ3) is 5.93. The summed E-state index contributed by atoms with van der Waals surface area (Å²) in [4.78, 5) is 25.9. The molecule has 0 heterocycles. The Balaban J connectivity index is 1.53. The minimum atomic E-state index is -0.246. The molecule has 0 spiro atoms. The molecule has 1 atom stereocenters. The van der Waals surface area contributed by atoms with Gasteiger partial charge in [-0.3, -0.25) is 9.59 Å². The van der Waals surface area contributed by atoms with Gasteiger partial charge in [-0.1, -0.05) is 42.5 Å². The molecule has 0 aliphatic carbocycles. The summed E-state index contributed by atoms with van der Waals surface area (Å²) in [7, 11) is 3.54. The van der Waals surface area contributed by atoms with Crippen molar-refractivity contribution < 1.29 is 19.2 Å². The summed E-state index contributed by atoms with van der Waals surface area (Å²) in [6.07, 6.45) is 0. The van der Waals surface area contributed by atoms with Crippen LogP contribution in [-0.4, -0.2) is 32.5 Å². The second-order valence-electron chi connectivity index (χ2n) is 7.08. The zero-order valence-electron chi connectivity index (χ0n) is 17.1. The molecule has 3 aromatic carbocycles. The number of likely N-dealkylation sites (N-methyl/N-ethyl adjacent to an activating group) is 1. The quantitative estimate of drug-likeness (QED) is 0.540. The first-order valence-corrected chi connectivity index (χ1v) is 9.74. The van der Waals surface area contributed by atoms with Gasteiger partial charge in [0.15, 0.2) is 6.54 Å². The van der Waals surface area contributed by atoms with Crippen molar-refractivity contribution in [3.63, 3.8) is 0 Å². The predicted octanol–water partition coefficient (Wildman–Crippen LogP) is 2.60. The molecule has 3 aromatic rings. The van der Waals surface area contributed by atoms with Crippen molar-refractivity contribution in [2.24, 2.45) is 0 Å². The van der Waals surface area contributed by atoms with E-state index in [9.17, 15) is 9.59 Å². The van der Waals surface area contributed by atoms with Gasteiger partial charge >= 0.3 is 0 Å². The molecule has 0 saturated carbocycles. The molecule has 3 rings (SSSR count). The molecular formula is C24H26N3O3+. The van der Waals surface area contributed by atoms with Crippen LogP contribution in [0.5, 0.6) is 5.75 Å². The van der Waals surface area contributed by atoms with Crippen molar-refractivity contribution in [3.05, 3.63) is 90.0 Å². The Bertz CT molecular complexity index is 988. The van der Waals surface area contributed by atoms with E-state index >= 15 is 0 Å². The van der Waals surface area contributed by atoms with Crippen LogP contribution in [0, 0.1) is 0 Å². The van der Waals surface area contributed by atoms with E-state index in [1.807, 2.05) is 37.4 Å². The lowest BCUT2D eigenvalue weighted by Gasteiger charge is -2.14. The molecule has 0 fully saturated rings. The molecular weight excluding hydrogens is 378 g/mol. The average molecular weight is 404 g/mol. The lowest BCUT2D eigenvalue weighted by molar-refractivity contribution is -0.885. The highest BCUT2D eigenvalue weighted by molar-refractivity contribution is 6.05. The van der Waals surface area contributed by atoms with Crippen LogP contribution in [0.4, 0.5) is 11.4 Å². The predicted molar refractivity (Wildman–Crippen MR) is 118 cm³/mol. The maximum atomic E-state index is 12.5. The third-order valence-corrected chi connectivity index (χ3v) is 4.60. The van der Waals surface area contributed by atoms with Crippen LogP contribution in [0.15, 0.2) is 78.9 Å². The van der Waals surface area contributed by atoms with E-state index in [1.165, 1.54) is 5.56 Å². The zero-order valence-corrected chi connectivity index (χ0v) is 17.1. The number of amides is 2. The van der Waals surface area contributed by atoms with E-state index < -0.39 is 0 Å². The number of rotatable bonds is 8. The van der Waals surface area contributed by atoms with Gasteiger partial charge in [-0.15, -0.1) is 0 Å². The van der Waals surface area contributed by atoms with Gasteiger partial charge in [0, 0.05) is 16.8 Å². The molecule has 3 N–H and O–H groups in total. The topological polar surface area (TPSA) is 71.9 Å². The van der Waals surface area contributed by atoms with Gasteiger partial charge < -0.3 is 20.3 Å². The first kappa shape index (κ1) is 21.1. The van der Waals surface area contributed by atoms with Crippen LogP contribution >= 0.6 is 0 Å². The van der Waals surface area contributed by atoms with Gasteiger partial charge in [0.1, 0.15) is 12.3 Å². The largest absolute Gasteiger partial charge is 0.495 e. The third-order valence-electron chi connectivity index (χ3n) is 4.60. The standard InChI is InChI=1S/C24H25N3O3/c1-27(16-18-8-4-3-5-9-18)17-23(28)25-20-14-12-19(13-15-20)24(29)26-21-10-6-7-11-22(21)30-2/h3-15H,16-17H2,1-2H3,(H,25,28)(H,26,29)/p+1. The van der Waals surface area contributed by atoms with Gasteiger partial charge in [-0.25, -0.2) is 0 Å². The average Bonchev–Trinajstić information content (AvgIpc) is 2.75. The molecule has 154 valence electrons. The van der Waals surface area contributed by atoms with Gasteiger partial charge in [-0.05, 0) is 36.4 Å². The molecule has 0 aromatic heterocycles. The highest BCUT2D eigenvalue weighted by Crippen LogP contribution is 2.23. The van der Waals surface area contributed by atoms with Crippen LogP contribution in [0.3, 0.4) is 0 Å². The molecule has 0 saturated heterocycles. The smallest absolute Gasteiger partial charge is 0.279 e. The summed E-state index contributed by atoms with van der Waals surface area (Å²) in [6.45, 7) is 1.13. The SMILES string of the molecule is COc1ccccc1NC(=O)c1ccc(NC(=O)C[NH+](C)Cc2ccccc2)cc1. The number of carbonyl (C=O) groups excluding carboxylic acids is 2. The van der Waals surface area contributed by atoms with Crippen LogP contribution in [-0.2, 0) is 11.3 Å². The van der Waals surface area contributed by atoms with Crippen molar-refractivity contribution in [3.8, 4) is 5.75 Å². The summed E-state index contributed by atoms with van der Waals surface area (Å²) in [5, 5.41) is 5.71. The lowest BCUT2D eigenvalue weighted by atomic mass is 10.2. The Labute approximate surface area is 176 Å². The van der Waals surface area contributed by atoms with Crippen molar-refractivity contribution in [1.82, 2.24) is 0 Å². The number of benzene rings is 3. The monoisotopic (exact) mass is 404 g/mol. The van der Waals surface area contributed by atoms with E-state index in [-0.39, 0.29) is 11.8 Å². The number of carbonyl (C=O) groups is 2. The molecule has 0 aliphatic heterocycles. The van der Waals surface area contributed by atoms with Gasteiger partial charge in [-0.2, -0.15) is 0 Å². The number of quaternary nitrogens is 1. The van der Waals surface area contributed by atoms with Gasteiger partial charge in [0.25, 0.3) is 11.8 Å². The van der Waals surface area contributed by atoms with E-state index in [0.717, 1.165) is 11.4 Å². The fourth-order valence-corrected chi connectivity index (χ4v) is 3.13. The minimum absolute atomic E-state index is 0.0744. The molecule has 30 heavy (non-hydrogen) atoms. The second kappa shape index (κ2) is 10.2. The van der Waals surface area contributed by atoms with Crippen LogP contribution in [0.2, 0.25) is 0 Å². The summed E-state index contributed by atoms with van der Waals surface area (Å²) >= 11 is 0. The maximum absolute atomic E-state index is 12.5. The number of anilines is 2. The van der Waals surface area contributed by atoms with Gasteiger partial charge in [0.2, 0.25) is 0 Å². The summed E-state index contributed by atoms with van der Waals surface area (Å²) in [6, 6.07) is 24.1. The number of hydrogen-bond donors (Lipinski definition) is 3. The van der Waals surface area contributed by atoms with E-state index in [0.29, 0.717) is 29.2 Å². The first-order chi connectivity index (χ1) is 14.5. The van der Waals surface area contributed by atoms with E-state index in [4.69, 9.17) is 4.74 Å². The van der Waals surface area contributed by atoms with Crippen molar-refractivity contribution in [2.45, 2.75) is 6.54 Å². The Morgan fingerprint density at radius 1 is 0.867 bits per heavy atom. The summed E-state index contributed by atoms with van der Waals surface area (Å²) < 4.78 is 5.25. The number of nitrogens with one attached hydrogen (secondary N) is 3. The van der Waals surface area contributed by atoms with Crippen LogP contribution in [0.1, 0.15) is 15.9 Å². The van der Waals surface area contributed by atoms with E-state index in [1.54, 1.807) is 43.5 Å². The lowest BCUT2D eigenvalue weighted by Crippen LogP contribution is -3.08. The minimum Gasteiger partial charge on any atom is -0.495 e. The Morgan fingerprint density at radius 2 is 1.53 bits per heavy atom. The van der Waals surface area contributed by atoms with Crippen molar-refractivity contribution in [2.75, 3.05) is 31.3 Å². The Kier molecular flexibility index (Phi) is 7.19. The molecule has 0 radical (unpaired) electrons. The summed E-state index contributed by atoms with van der Waals surface area (Å²) in [5.41, 5.74) is 2.94. The van der Waals surface area contributed by atoms with Crippen LogP contribution < -0.4 is 20.3 Å². The Morgan fingerprint density at radius 3 is 2.23 bits per heavy atom. The number of methoxy groups -OCH3 is 1. The fraction of sp³-hybridized carbons (Fsp3) is 0.167. The molecule has 0 aliphatic rings. The highest BCUT2D eigenvalue weighted by atomic mass is 16.5. The number of ether oxygens (including phenoxy) is 1. The van der Waals surface area contributed by atoms with Gasteiger partial charge in [0.05, 0.1) is 19.8 Å². The fourth-order valence-electron chi connectivity index (χ4n) is 3.13. The normalized spacial score (nSPS) is 11.4. The highest BCUT2D eigenvalue weighted by Gasteiger charge is 2.12. The second-order valence-corrected chi connectivity index (χ2v) is 7.08. The maximum Gasteiger partial charge on any atom is 0.279 e. The van der Waals surface area contributed by atoms with Crippen LogP contribution in [0.25, 0.3) is 0 Å². The zero-order chi connectivity index (χ0) is 21.3. The summed E-state index contributed by atoms with van der Waals surface area (Å²) in [5.74, 6) is 0.274. The number of para-hydroxylation sites is 2. The van der Waals surface area contributed by atoms with E-state index in [2.05, 4.69) is 22.8 Å². The molecule has 2 amide bonds. The van der Waals surface area contributed by atoms with Crippen molar-refractivity contribution >= 4 is 23.2 Å². The number of hydrogen-bond acceptors (Lipinski definition) is 3.